The van der Waals surface area contributed by atoms with E-state index in [0.29, 0.717) is 0 Å². The fraction of sp³-hybridized carbons (Fsp3) is 0.167. The normalized spacial score (nSPS) is 11.7. The van der Waals surface area contributed by atoms with Gasteiger partial charge >= 0.3 is 5.97 Å². The minimum absolute atomic E-state index is 0.00668. The van der Waals surface area contributed by atoms with Crippen molar-refractivity contribution in [1.82, 2.24) is 5.32 Å². The van der Waals surface area contributed by atoms with Gasteiger partial charge in [0, 0.05) is 5.56 Å². The maximum atomic E-state index is 13.1. The number of hydrogen-bond acceptors (Lipinski definition) is 2. The highest BCUT2D eigenvalue weighted by Crippen LogP contribution is 2.15. The van der Waals surface area contributed by atoms with Crippen LogP contribution in [-0.4, -0.2) is 23.0 Å². The van der Waals surface area contributed by atoms with Gasteiger partial charge in [0.05, 0.1) is 5.02 Å². The molecule has 0 aromatic heterocycles. The first kappa shape index (κ1) is 14.2. The summed E-state index contributed by atoms with van der Waals surface area (Å²) in [6.07, 6.45) is 1.46. The van der Waals surface area contributed by atoms with Crippen LogP contribution in [0, 0.1) is 5.82 Å². The van der Waals surface area contributed by atoms with Crippen LogP contribution >= 0.6 is 11.6 Å². The highest BCUT2D eigenvalue weighted by molar-refractivity contribution is 6.30. The van der Waals surface area contributed by atoms with Crippen molar-refractivity contribution in [3.8, 4) is 0 Å². The highest BCUT2D eigenvalue weighted by atomic mass is 35.5. The van der Waals surface area contributed by atoms with Crippen LogP contribution in [-0.2, 0) is 4.79 Å². The van der Waals surface area contributed by atoms with Crippen LogP contribution in [0.25, 0.3) is 0 Å². The molecule has 2 N–H and O–H groups in total. The summed E-state index contributed by atoms with van der Waals surface area (Å²) in [5, 5.41) is 11.0. The molecule has 0 aliphatic rings. The summed E-state index contributed by atoms with van der Waals surface area (Å²) in [7, 11) is 0. The SMILES string of the molecule is C=CCC(NC(=O)c1ccc(Cl)c(F)c1)C(=O)O. The lowest BCUT2D eigenvalue weighted by atomic mass is 10.1. The second kappa shape index (κ2) is 6.16. The van der Waals surface area contributed by atoms with Crippen molar-refractivity contribution in [3.05, 3.63) is 47.3 Å². The van der Waals surface area contributed by atoms with Crippen LogP contribution in [0.5, 0.6) is 0 Å². The number of amides is 1. The molecule has 18 heavy (non-hydrogen) atoms. The Hall–Kier alpha value is -1.88. The van der Waals surface area contributed by atoms with Gasteiger partial charge in [-0.25, -0.2) is 9.18 Å². The van der Waals surface area contributed by atoms with Gasteiger partial charge in [-0.2, -0.15) is 0 Å². The number of aliphatic carboxylic acids is 1. The Kier molecular flexibility index (Phi) is 4.85. The van der Waals surface area contributed by atoms with E-state index in [1.807, 2.05) is 0 Å². The highest BCUT2D eigenvalue weighted by Gasteiger charge is 2.19. The van der Waals surface area contributed by atoms with Crippen LogP contribution in [0.1, 0.15) is 16.8 Å². The molecule has 0 fully saturated rings. The molecule has 1 aromatic carbocycles. The average molecular weight is 272 g/mol. The standard InChI is InChI=1S/C12H11ClFNO3/c1-2-3-10(12(17)18)15-11(16)7-4-5-8(13)9(14)6-7/h2,4-6,10H,1,3H2,(H,15,16)(H,17,18). The first-order chi connectivity index (χ1) is 8.45. The number of hydrogen-bond donors (Lipinski definition) is 2. The maximum Gasteiger partial charge on any atom is 0.326 e. The van der Waals surface area contributed by atoms with Gasteiger partial charge in [-0.1, -0.05) is 17.7 Å². The van der Waals surface area contributed by atoms with Crippen LogP contribution in [0.2, 0.25) is 5.02 Å². The van der Waals surface area contributed by atoms with Crippen molar-refractivity contribution in [2.75, 3.05) is 0 Å². The second-order valence-electron chi connectivity index (χ2n) is 3.52. The zero-order valence-corrected chi connectivity index (χ0v) is 10.1. The van der Waals surface area contributed by atoms with Crippen LogP contribution < -0.4 is 5.32 Å². The summed E-state index contributed by atoms with van der Waals surface area (Å²) >= 11 is 5.48. The molecular weight excluding hydrogens is 261 g/mol. The lowest BCUT2D eigenvalue weighted by Gasteiger charge is -2.12. The molecule has 4 nitrogen and oxygen atoms in total. The number of nitrogens with one attached hydrogen (secondary N) is 1. The van der Waals surface area contributed by atoms with Crippen molar-refractivity contribution in [1.29, 1.82) is 0 Å². The summed E-state index contributed by atoms with van der Waals surface area (Å²) in [5.74, 6) is -2.60. The van der Waals surface area contributed by atoms with Gasteiger partial charge in [0.2, 0.25) is 0 Å². The Labute approximate surface area is 108 Å². The van der Waals surface area contributed by atoms with E-state index >= 15 is 0 Å². The molecule has 6 heteroatoms. The predicted octanol–water partition coefficient (Wildman–Crippen LogP) is 2.24. The van der Waals surface area contributed by atoms with Crippen molar-refractivity contribution < 1.29 is 19.1 Å². The molecule has 1 unspecified atom stereocenters. The zero-order chi connectivity index (χ0) is 13.7. The van der Waals surface area contributed by atoms with E-state index in [1.165, 1.54) is 18.2 Å². The number of rotatable bonds is 5. The molecule has 0 aliphatic carbocycles. The van der Waals surface area contributed by atoms with E-state index in [9.17, 15) is 14.0 Å². The minimum atomic E-state index is -1.18. The molecule has 0 saturated heterocycles. The third-order valence-electron chi connectivity index (χ3n) is 2.19. The molecule has 1 rings (SSSR count). The number of benzene rings is 1. The summed E-state index contributed by atoms with van der Waals surface area (Å²) in [5.41, 5.74) is 0.00668. The second-order valence-corrected chi connectivity index (χ2v) is 3.92. The van der Waals surface area contributed by atoms with Crippen molar-refractivity contribution in [2.24, 2.45) is 0 Å². The Morgan fingerprint density at radius 2 is 2.22 bits per heavy atom. The third-order valence-corrected chi connectivity index (χ3v) is 2.49. The van der Waals surface area contributed by atoms with E-state index in [-0.39, 0.29) is 17.0 Å². The summed E-state index contributed by atoms with van der Waals surface area (Å²) in [4.78, 5) is 22.5. The average Bonchev–Trinajstić information content (AvgIpc) is 2.31. The van der Waals surface area contributed by atoms with Gasteiger partial charge in [-0.3, -0.25) is 4.79 Å². The van der Waals surface area contributed by atoms with E-state index in [1.54, 1.807) is 0 Å². The predicted molar refractivity (Wildman–Crippen MR) is 65.1 cm³/mol. The molecule has 0 spiro atoms. The van der Waals surface area contributed by atoms with Crippen molar-refractivity contribution in [3.63, 3.8) is 0 Å². The Morgan fingerprint density at radius 3 is 2.72 bits per heavy atom. The fourth-order valence-corrected chi connectivity index (χ4v) is 1.38. The van der Waals surface area contributed by atoms with E-state index in [0.717, 1.165) is 6.07 Å². The van der Waals surface area contributed by atoms with Gasteiger partial charge in [-0.15, -0.1) is 6.58 Å². The van der Waals surface area contributed by atoms with Crippen LogP contribution in [0.15, 0.2) is 30.9 Å². The number of carboxylic acid groups (broad SMARTS) is 1. The first-order valence-electron chi connectivity index (χ1n) is 5.05. The summed E-state index contributed by atoms with van der Waals surface area (Å²) < 4.78 is 13.1. The monoisotopic (exact) mass is 271 g/mol. The topological polar surface area (TPSA) is 66.4 Å². The zero-order valence-electron chi connectivity index (χ0n) is 9.32. The summed E-state index contributed by atoms with van der Waals surface area (Å²) in [6, 6.07) is 2.40. The van der Waals surface area contributed by atoms with Crippen LogP contribution in [0.3, 0.4) is 0 Å². The molecular formula is C12H11ClFNO3. The quantitative estimate of drug-likeness (QED) is 0.807. The lowest BCUT2D eigenvalue weighted by Crippen LogP contribution is -2.40. The number of carboxylic acids is 1. The largest absolute Gasteiger partial charge is 0.480 e. The molecule has 0 aliphatic heterocycles. The molecule has 0 saturated carbocycles. The molecule has 1 atom stereocenters. The Bertz CT molecular complexity index is 490. The lowest BCUT2D eigenvalue weighted by molar-refractivity contribution is -0.139. The Morgan fingerprint density at radius 1 is 1.56 bits per heavy atom. The summed E-state index contributed by atoms with van der Waals surface area (Å²) in [6.45, 7) is 3.40. The molecule has 1 amide bonds. The first-order valence-corrected chi connectivity index (χ1v) is 5.43. The number of halogens is 2. The van der Waals surface area contributed by atoms with Gasteiger partial charge < -0.3 is 10.4 Å². The molecule has 0 radical (unpaired) electrons. The Balaban J connectivity index is 2.83. The van der Waals surface area contributed by atoms with Crippen molar-refractivity contribution >= 4 is 23.5 Å². The molecule has 0 bridgehead atoms. The van der Waals surface area contributed by atoms with E-state index < -0.39 is 23.7 Å². The molecule has 96 valence electrons. The van der Waals surface area contributed by atoms with Crippen LogP contribution in [0.4, 0.5) is 4.39 Å². The fourth-order valence-electron chi connectivity index (χ4n) is 1.27. The van der Waals surface area contributed by atoms with Gasteiger partial charge in [-0.05, 0) is 24.6 Å². The van der Waals surface area contributed by atoms with Gasteiger partial charge in [0.25, 0.3) is 5.91 Å². The van der Waals surface area contributed by atoms with E-state index in [2.05, 4.69) is 11.9 Å². The third kappa shape index (κ3) is 3.56. The van der Waals surface area contributed by atoms with Crippen molar-refractivity contribution in [2.45, 2.75) is 12.5 Å². The number of carbonyl (C=O) groups excluding carboxylic acids is 1. The maximum absolute atomic E-state index is 13.1. The molecule has 0 heterocycles. The van der Waals surface area contributed by atoms with Gasteiger partial charge in [0.15, 0.2) is 0 Å². The minimum Gasteiger partial charge on any atom is -0.480 e. The smallest absolute Gasteiger partial charge is 0.326 e. The number of carbonyl (C=O) groups is 2. The van der Waals surface area contributed by atoms with Gasteiger partial charge in [0.1, 0.15) is 11.9 Å². The van der Waals surface area contributed by atoms with E-state index in [4.69, 9.17) is 16.7 Å². The molecule has 1 aromatic rings.